The van der Waals surface area contributed by atoms with E-state index in [1.54, 1.807) is 20.8 Å². The molecule has 52 heavy (non-hydrogen) atoms. The van der Waals surface area contributed by atoms with E-state index in [-0.39, 0.29) is 47.8 Å². The minimum Gasteiger partial charge on any atom is -0.504 e. The quantitative estimate of drug-likeness (QED) is 0.0349. The summed E-state index contributed by atoms with van der Waals surface area (Å²) in [5.74, 6) is -8.17. The number of ether oxygens (including phenoxy) is 3. The number of aromatic hydroxyl groups is 7. The fourth-order valence-corrected chi connectivity index (χ4v) is 6.64. The first-order valence-corrected chi connectivity index (χ1v) is 17.6. The number of phenolic OH excluding ortho intramolecular Hbond substituents is 7. The van der Waals surface area contributed by atoms with E-state index in [1.165, 1.54) is 13.0 Å². The Morgan fingerprint density at radius 1 is 0.615 bits per heavy atom. The van der Waals surface area contributed by atoms with Gasteiger partial charge in [0, 0.05) is 11.1 Å². The van der Waals surface area contributed by atoms with Crippen molar-refractivity contribution < 1.29 is 64.3 Å². The third-order valence-corrected chi connectivity index (χ3v) is 9.50. The fourth-order valence-electron chi connectivity index (χ4n) is 6.64. The van der Waals surface area contributed by atoms with Gasteiger partial charge in [0.1, 0.15) is 6.10 Å². The number of phenols is 7. The SMILES string of the molecule is CCCC(C)(Oc1cc(C(=O)OC2CCCCCC2)cc(O)c1O)C(=O)c1cc(O)c(O)c(OC(CC)(CCC)C(=O)c2cc(O)c(O)c(O)c2)c1. The third-order valence-electron chi connectivity index (χ3n) is 9.50. The molecule has 1 fully saturated rings. The summed E-state index contributed by atoms with van der Waals surface area (Å²) in [5.41, 5.74) is -4.00. The Bertz CT molecular complexity index is 1770. The molecule has 282 valence electrons. The molecule has 13 nitrogen and oxygen atoms in total. The van der Waals surface area contributed by atoms with Crippen molar-refractivity contribution in [3.63, 3.8) is 0 Å². The molecule has 0 bridgehead atoms. The van der Waals surface area contributed by atoms with Crippen molar-refractivity contribution in [3.05, 3.63) is 53.1 Å². The van der Waals surface area contributed by atoms with E-state index >= 15 is 0 Å². The highest BCUT2D eigenvalue weighted by molar-refractivity contribution is 6.05. The molecular weight excluding hydrogens is 676 g/mol. The van der Waals surface area contributed by atoms with Gasteiger partial charge in [0.25, 0.3) is 0 Å². The van der Waals surface area contributed by atoms with Crippen molar-refractivity contribution in [2.45, 2.75) is 116 Å². The van der Waals surface area contributed by atoms with E-state index in [9.17, 15) is 50.1 Å². The summed E-state index contributed by atoms with van der Waals surface area (Å²) in [6, 6.07) is 6.29. The fraction of sp³-hybridized carbons (Fsp3) is 0.462. The van der Waals surface area contributed by atoms with E-state index in [2.05, 4.69) is 0 Å². The summed E-state index contributed by atoms with van der Waals surface area (Å²) in [7, 11) is 0. The van der Waals surface area contributed by atoms with Gasteiger partial charge in [0.15, 0.2) is 51.4 Å². The van der Waals surface area contributed by atoms with Crippen LogP contribution in [0.4, 0.5) is 0 Å². The van der Waals surface area contributed by atoms with Crippen molar-refractivity contribution in [2.24, 2.45) is 0 Å². The molecule has 1 saturated carbocycles. The number of esters is 1. The van der Waals surface area contributed by atoms with Crippen LogP contribution in [0.1, 0.15) is 129 Å². The van der Waals surface area contributed by atoms with Crippen LogP contribution in [0.3, 0.4) is 0 Å². The normalized spacial score (nSPS) is 15.8. The molecule has 0 amide bonds. The molecule has 2 unspecified atom stereocenters. The summed E-state index contributed by atoms with van der Waals surface area (Å²) < 4.78 is 17.9. The first-order valence-electron chi connectivity index (χ1n) is 17.6. The smallest absolute Gasteiger partial charge is 0.338 e. The molecule has 13 heteroatoms. The monoisotopic (exact) mass is 724 g/mol. The van der Waals surface area contributed by atoms with Crippen molar-refractivity contribution >= 4 is 17.5 Å². The molecule has 1 aliphatic carbocycles. The number of ketones is 2. The molecule has 0 radical (unpaired) electrons. The first-order chi connectivity index (χ1) is 24.6. The predicted molar refractivity (Wildman–Crippen MR) is 189 cm³/mol. The number of benzene rings is 3. The highest BCUT2D eigenvalue weighted by Crippen LogP contribution is 2.45. The minimum absolute atomic E-state index is 0.0133. The number of hydrogen-bond acceptors (Lipinski definition) is 13. The van der Waals surface area contributed by atoms with E-state index in [0.29, 0.717) is 25.7 Å². The Hall–Kier alpha value is -5.33. The van der Waals surface area contributed by atoms with Gasteiger partial charge in [-0.05, 0) is 88.3 Å². The van der Waals surface area contributed by atoms with Gasteiger partial charge in [-0.2, -0.15) is 0 Å². The lowest BCUT2D eigenvalue weighted by molar-refractivity contribution is 0.0264. The van der Waals surface area contributed by atoms with E-state index in [0.717, 1.165) is 56.0 Å². The number of carbonyl (C=O) groups excluding carboxylic acids is 3. The van der Waals surface area contributed by atoms with Gasteiger partial charge in [-0.3, -0.25) is 9.59 Å². The molecule has 7 N–H and O–H groups in total. The summed E-state index contributed by atoms with van der Waals surface area (Å²) in [5, 5.41) is 72.9. The van der Waals surface area contributed by atoms with Crippen molar-refractivity contribution in [3.8, 4) is 51.7 Å². The average molecular weight is 725 g/mol. The molecule has 2 atom stereocenters. The van der Waals surface area contributed by atoms with Gasteiger partial charge < -0.3 is 50.0 Å². The molecule has 0 spiro atoms. The summed E-state index contributed by atoms with van der Waals surface area (Å²) in [6.07, 6.45) is 6.01. The van der Waals surface area contributed by atoms with Gasteiger partial charge in [0.05, 0.1) is 5.56 Å². The summed E-state index contributed by atoms with van der Waals surface area (Å²) in [6.45, 7) is 6.61. The Morgan fingerprint density at radius 3 is 1.60 bits per heavy atom. The Morgan fingerprint density at radius 2 is 1.08 bits per heavy atom. The van der Waals surface area contributed by atoms with Crippen LogP contribution < -0.4 is 9.47 Å². The molecule has 4 rings (SSSR count). The second-order valence-electron chi connectivity index (χ2n) is 13.5. The topological polar surface area (TPSA) is 221 Å². The molecule has 1 aliphatic rings. The zero-order chi connectivity index (χ0) is 38.4. The van der Waals surface area contributed by atoms with Crippen LogP contribution in [0.2, 0.25) is 0 Å². The lowest BCUT2D eigenvalue weighted by Gasteiger charge is -2.33. The zero-order valence-corrected chi connectivity index (χ0v) is 29.9. The van der Waals surface area contributed by atoms with E-state index < -0.39 is 74.7 Å². The van der Waals surface area contributed by atoms with Crippen LogP contribution >= 0.6 is 0 Å². The van der Waals surface area contributed by atoms with Crippen molar-refractivity contribution in [1.29, 1.82) is 0 Å². The zero-order valence-electron chi connectivity index (χ0n) is 29.9. The Balaban J connectivity index is 1.70. The van der Waals surface area contributed by atoms with Crippen LogP contribution in [0, 0.1) is 0 Å². The van der Waals surface area contributed by atoms with Gasteiger partial charge in [-0.1, -0.05) is 46.5 Å². The Kier molecular flexibility index (Phi) is 12.4. The average Bonchev–Trinajstić information content (AvgIpc) is 3.38. The van der Waals surface area contributed by atoms with Crippen molar-refractivity contribution in [1.82, 2.24) is 0 Å². The van der Waals surface area contributed by atoms with Crippen LogP contribution in [-0.4, -0.2) is 70.6 Å². The van der Waals surface area contributed by atoms with Gasteiger partial charge in [0.2, 0.25) is 23.1 Å². The van der Waals surface area contributed by atoms with Crippen molar-refractivity contribution in [2.75, 3.05) is 0 Å². The molecule has 0 aliphatic heterocycles. The number of carbonyl (C=O) groups is 3. The largest absolute Gasteiger partial charge is 0.504 e. The lowest BCUT2D eigenvalue weighted by Crippen LogP contribution is -2.44. The van der Waals surface area contributed by atoms with Gasteiger partial charge >= 0.3 is 5.97 Å². The first kappa shape index (κ1) is 39.5. The highest BCUT2D eigenvalue weighted by Gasteiger charge is 2.42. The van der Waals surface area contributed by atoms with E-state index in [1.807, 2.05) is 0 Å². The molecule has 0 aromatic heterocycles. The molecule has 3 aromatic rings. The maximum absolute atomic E-state index is 14.3. The van der Waals surface area contributed by atoms with Crippen LogP contribution in [0.15, 0.2) is 36.4 Å². The second kappa shape index (κ2) is 16.3. The highest BCUT2D eigenvalue weighted by atomic mass is 16.5. The Labute approximate surface area is 302 Å². The maximum atomic E-state index is 14.3. The van der Waals surface area contributed by atoms with Crippen LogP contribution in [0.25, 0.3) is 0 Å². The summed E-state index contributed by atoms with van der Waals surface area (Å²) in [4.78, 5) is 41.3. The van der Waals surface area contributed by atoms with Crippen LogP contribution in [-0.2, 0) is 4.74 Å². The number of Topliss-reactive ketones (excluding diaryl/α,β-unsaturated/α-hetero) is 2. The standard InChI is InChI=1S/C39H48O13/c1-5-14-38(4,51-30-21-24(19-29(43)33(30)45)37(49)50-25-12-10-8-9-11-13-25)35(47)23-18-28(42)34(46)31(20-23)52-39(7-3,15-6-2)36(48)22-16-26(40)32(44)27(41)17-22/h16-21,25,40-46H,5-15H2,1-4H3. The third kappa shape index (κ3) is 8.41. The molecular formula is C39H48O13. The van der Waals surface area contributed by atoms with E-state index in [4.69, 9.17) is 14.2 Å². The summed E-state index contributed by atoms with van der Waals surface area (Å²) >= 11 is 0. The predicted octanol–water partition coefficient (Wildman–Crippen LogP) is 7.54. The lowest BCUT2D eigenvalue weighted by atomic mass is 9.85. The minimum atomic E-state index is -1.77. The van der Waals surface area contributed by atoms with Gasteiger partial charge in [-0.15, -0.1) is 0 Å². The van der Waals surface area contributed by atoms with Gasteiger partial charge in [-0.25, -0.2) is 4.79 Å². The maximum Gasteiger partial charge on any atom is 0.338 e. The molecule has 0 saturated heterocycles. The number of hydrogen-bond donors (Lipinski definition) is 7. The second-order valence-corrected chi connectivity index (χ2v) is 13.5. The van der Waals surface area contributed by atoms with Crippen LogP contribution in [0.5, 0.6) is 51.7 Å². The molecule has 3 aromatic carbocycles. The number of rotatable bonds is 15. The molecule has 0 heterocycles.